The van der Waals surface area contributed by atoms with Crippen LogP contribution in [0.5, 0.6) is 0 Å². The molecule has 4 nitrogen and oxygen atoms in total. The van der Waals surface area contributed by atoms with E-state index >= 15 is 0 Å². The predicted octanol–water partition coefficient (Wildman–Crippen LogP) is 2.66. The fourth-order valence-corrected chi connectivity index (χ4v) is 2.74. The Morgan fingerprint density at radius 1 is 1.42 bits per heavy atom. The Kier molecular flexibility index (Phi) is 3.88. The molecule has 102 valence electrons. The lowest BCUT2D eigenvalue weighted by Crippen LogP contribution is -2.25. The lowest BCUT2D eigenvalue weighted by atomic mass is 10.1. The van der Waals surface area contributed by atoms with E-state index in [1.54, 1.807) is 18.4 Å². The van der Waals surface area contributed by atoms with Crippen LogP contribution in [0.1, 0.15) is 47.3 Å². The van der Waals surface area contributed by atoms with Crippen LogP contribution >= 0.6 is 0 Å². The monoisotopic (exact) mass is 261 g/mol. The molecule has 1 aromatic rings. The lowest BCUT2D eigenvalue weighted by Gasteiger charge is -2.14. The van der Waals surface area contributed by atoms with Crippen LogP contribution < -0.4 is 5.56 Å². The summed E-state index contributed by atoms with van der Waals surface area (Å²) < 4.78 is 1.58. The van der Waals surface area contributed by atoms with E-state index in [-0.39, 0.29) is 11.1 Å². The Morgan fingerprint density at radius 2 is 2.16 bits per heavy atom. The van der Waals surface area contributed by atoms with Crippen molar-refractivity contribution in [3.05, 3.63) is 44.9 Å². The number of rotatable bonds is 4. The Morgan fingerprint density at radius 3 is 2.74 bits per heavy atom. The van der Waals surface area contributed by atoms with Gasteiger partial charge >= 0.3 is 5.97 Å². The van der Waals surface area contributed by atoms with Crippen molar-refractivity contribution >= 4 is 5.97 Å². The Labute approximate surface area is 112 Å². The molecule has 0 atom stereocenters. The van der Waals surface area contributed by atoms with Crippen LogP contribution in [0, 0.1) is 13.8 Å². The smallest absolute Gasteiger partial charge is 0.337 e. The number of pyridine rings is 1. The van der Waals surface area contributed by atoms with Gasteiger partial charge in [-0.15, -0.1) is 0 Å². The third-order valence-corrected chi connectivity index (χ3v) is 3.77. The molecule has 2 rings (SSSR count). The van der Waals surface area contributed by atoms with Crippen molar-refractivity contribution in [2.75, 3.05) is 0 Å². The minimum Gasteiger partial charge on any atom is -0.478 e. The van der Waals surface area contributed by atoms with Crippen molar-refractivity contribution in [1.82, 2.24) is 4.57 Å². The third kappa shape index (κ3) is 2.78. The van der Waals surface area contributed by atoms with E-state index in [2.05, 4.69) is 6.08 Å². The third-order valence-electron chi connectivity index (χ3n) is 3.77. The molecule has 1 aromatic heterocycles. The number of allylic oxidation sites excluding steroid dienone is 2. The fraction of sp³-hybridized carbons (Fsp3) is 0.467. The molecule has 0 saturated heterocycles. The van der Waals surface area contributed by atoms with E-state index in [4.69, 9.17) is 0 Å². The molecular weight excluding hydrogens is 242 g/mol. The number of carboxylic acid groups (broad SMARTS) is 1. The number of hydrogen-bond donors (Lipinski definition) is 1. The van der Waals surface area contributed by atoms with Crippen molar-refractivity contribution in [2.45, 2.75) is 46.1 Å². The molecule has 0 aromatic carbocycles. The Hall–Kier alpha value is -1.84. The highest BCUT2D eigenvalue weighted by Gasteiger charge is 2.16. The molecule has 19 heavy (non-hydrogen) atoms. The zero-order chi connectivity index (χ0) is 14.0. The summed E-state index contributed by atoms with van der Waals surface area (Å²) in [6.07, 6.45) is 6.48. The minimum absolute atomic E-state index is 0.112. The summed E-state index contributed by atoms with van der Waals surface area (Å²) in [7, 11) is 0. The first-order chi connectivity index (χ1) is 9.00. The van der Waals surface area contributed by atoms with Crippen molar-refractivity contribution < 1.29 is 9.90 Å². The number of aryl methyl sites for hydroxylation is 1. The van der Waals surface area contributed by atoms with Gasteiger partial charge in [-0.3, -0.25) is 4.79 Å². The van der Waals surface area contributed by atoms with E-state index in [0.29, 0.717) is 17.8 Å². The second kappa shape index (κ2) is 5.43. The van der Waals surface area contributed by atoms with Crippen LogP contribution in [0.2, 0.25) is 0 Å². The van der Waals surface area contributed by atoms with Crippen molar-refractivity contribution in [3.63, 3.8) is 0 Å². The van der Waals surface area contributed by atoms with E-state index in [1.807, 2.05) is 0 Å². The minimum atomic E-state index is -0.969. The highest BCUT2D eigenvalue weighted by Crippen LogP contribution is 2.21. The molecule has 0 spiro atoms. The highest BCUT2D eigenvalue weighted by atomic mass is 16.4. The topological polar surface area (TPSA) is 59.3 Å². The summed E-state index contributed by atoms with van der Waals surface area (Å²) in [4.78, 5) is 23.2. The summed E-state index contributed by atoms with van der Waals surface area (Å²) in [6.45, 7) is 3.94. The maximum Gasteiger partial charge on any atom is 0.337 e. The van der Waals surface area contributed by atoms with Gasteiger partial charge in [-0.2, -0.15) is 0 Å². The van der Waals surface area contributed by atoms with Crippen LogP contribution in [0.3, 0.4) is 0 Å². The SMILES string of the molecule is Cc1cc(=O)n(CCC2=CCCC2)c(C)c1C(=O)O. The van der Waals surface area contributed by atoms with Crippen molar-refractivity contribution in [3.8, 4) is 0 Å². The van der Waals surface area contributed by atoms with Gasteiger partial charge in [0.15, 0.2) is 0 Å². The molecule has 0 bridgehead atoms. The number of nitrogens with zero attached hydrogens (tertiary/aromatic N) is 1. The molecule has 0 radical (unpaired) electrons. The molecule has 0 saturated carbocycles. The van der Waals surface area contributed by atoms with E-state index in [1.165, 1.54) is 18.1 Å². The van der Waals surface area contributed by atoms with E-state index < -0.39 is 5.97 Å². The number of hydrogen-bond acceptors (Lipinski definition) is 2. The second-order valence-electron chi connectivity index (χ2n) is 5.09. The average Bonchev–Trinajstić information content (AvgIpc) is 2.80. The Bertz CT molecular complexity index is 596. The maximum atomic E-state index is 12.0. The molecule has 0 amide bonds. The highest BCUT2D eigenvalue weighted by molar-refractivity contribution is 5.90. The van der Waals surface area contributed by atoms with Gasteiger partial charge in [0.1, 0.15) is 0 Å². The Balaban J connectivity index is 2.31. The molecule has 1 aliphatic rings. The zero-order valence-electron chi connectivity index (χ0n) is 11.4. The van der Waals surface area contributed by atoms with Gasteiger partial charge in [-0.05, 0) is 45.1 Å². The first-order valence-electron chi connectivity index (χ1n) is 6.63. The van der Waals surface area contributed by atoms with Crippen LogP contribution in [0.15, 0.2) is 22.5 Å². The van der Waals surface area contributed by atoms with Gasteiger partial charge in [0.25, 0.3) is 5.56 Å². The summed E-state index contributed by atoms with van der Waals surface area (Å²) in [5, 5.41) is 9.21. The summed E-state index contributed by atoms with van der Waals surface area (Å²) in [6, 6.07) is 1.42. The number of carbonyl (C=O) groups is 1. The fourth-order valence-electron chi connectivity index (χ4n) is 2.74. The van der Waals surface area contributed by atoms with Crippen molar-refractivity contribution in [2.24, 2.45) is 0 Å². The molecule has 0 aliphatic heterocycles. The number of aromatic carboxylic acids is 1. The lowest BCUT2D eigenvalue weighted by molar-refractivity contribution is 0.0694. The number of aromatic nitrogens is 1. The average molecular weight is 261 g/mol. The second-order valence-corrected chi connectivity index (χ2v) is 5.09. The summed E-state index contributed by atoms with van der Waals surface area (Å²) >= 11 is 0. The van der Waals surface area contributed by atoms with E-state index in [0.717, 1.165) is 19.3 Å². The molecule has 0 fully saturated rings. The van der Waals surface area contributed by atoms with Gasteiger partial charge in [0.05, 0.1) is 5.56 Å². The van der Waals surface area contributed by atoms with Crippen LogP contribution in [-0.4, -0.2) is 15.6 Å². The van der Waals surface area contributed by atoms with Crippen LogP contribution in [0.25, 0.3) is 0 Å². The van der Waals surface area contributed by atoms with Gasteiger partial charge in [0, 0.05) is 18.3 Å². The normalized spacial score (nSPS) is 14.5. The maximum absolute atomic E-state index is 12.0. The van der Waals surface area contributed by atoms with Gasteiger partial charge < -0.3 is 9.67 Å². The van der Waals surface area contributed by atoms with E-state index in [9.17, 15) is 14.7 Å². The molecule has 1 heterocycles. The van der Waals surface area contributed by atoms with Gasteiger partial charge in [-0.1, -0.05) is 11.6 Å². The molecule has 1 N–H and O–H groups in total. The van der Waals surface area contributed by atoms with Gasteiger partial charge in [0.2, 0.25) is 0 Å². The van der Waals surface area contributed by atoms with Crippen molar-refractivity contribution in [1.29, 1.82) is 0 Å². The predicted molar refractivity (Wildman–Crippen MR) is 73.7 cm³/mol. The summed E-state index contributed by atoms with van der Waals surface area (Å²) in [5.74, 6) is -0.969. The summed E-state index contributed by atoms with van der Waals surface area (Å²) in [5.41, 5.74) is 2.60. The molecule has 1 aliphatic carbocycles. The first kappa shape index (κ1) is 13.6. The molecule has 4 heteroatoms. The molecular formula is C15H19NO3. The standard InChI is InChI=1S/C15H19NO3/c1-10-9-13(17)16(11(2)14(10)15(18)19)8-7-12-5-3-4-6-12/h5,9H,3-4,6-8H2,1-2H3,(H,18,19). The molecule has 0 unspecified atom stereocenters. The van der Waals surface area contributed by atoms with Gasteiger partial charge in [-0.25, -0.2) is 4.79 Å². The first-order valence-corrected chi connectivity index (χ1v) is 6.63. The quantitative estimate of drug-likeness (QED) is 0.848. The van der Waals surface area contributed by atoms with Crippen LogP contribution in [0.4, 0.5) is 0 Å². The number of carboxylic acids is 1. The van der Waals surface area contributed by atoms with Crippen LogP contribution in [-0.2, 0) is 6.54 Å². The largest absolute Gasteiger partial charge is 0.478 e. The zero-order valence-corrected chi connectivity index (χ0v) is 11.4.